The van der Waals surface area contributed by atoms with E-state index in [-0.39, 0.29) is 0 Å². The molecule has 0 radical (unpaired) electrons. The van der Waals surface area contributed by atoms with E-state index in [0.29, 0.717) is 5.92 Å². The van der Waals surface area contributed by atoms with Gasteiger partial charge in [0.15, 0.2) is 5.58 Å². The lowest BCUT2D eigenvalue weighted by molar-refractivity contribution is 0.406. The number of benzene rings is 2. The van der Waals surface area contributed by atoms with E-state index in [2.05, 4.69) is 22.0 Å². The Morgan fingerprint density at radius 1 is 1.14 bits per heavy atom. The van der Waals surface area contributed by atoms with Crippen molar-refractivity contribution in [2.45, 2.75) is 12.3 Å². The Balaban J connectivity index is 1.59. The van der Waals surface area contributed by atoms with Gasteiger partial charge in [0.2, 0.25) is 0 Å². The van der Waals surface area contributed by atoms with Gasteiger partial charge in [-0.25, -0.2) is 0 Å². The molecule has 1 unspecified atom stereocenters. The standard InChI is InChI=1S/C18H18N2O2/c1-21-16-8-4-2-6-14(16)13-10-11-20(12-13)18-19-15-7-3-5-9-17(15)22-18/h2-9,13H,10-12H2,1H3. The number of rotatable bonds is 3. The smallest absolute Gasteiger partial charge is 0.298 e. The van der Waals surface area contributed by atoms with E-state index >= 15 is 0 Å². The number of ether oxygens (including phenoxy) is 1. The Kier molecular flexibility index (Phi) is 3.22. The Bertz CT molecular complexity index is 763. The Morgan fingerprint density at radius 2 is 1.95 bits per heavy atom. The molecule has 0 amide bonds. The first-order valence-electron chi connectivity index (χ1n) is 7.58. The summed E-state index contributed by atoms with van der Waals surface area (Å²) in [5.41, 5.74) is 3.03. The summed E-state index contributed by atoms with van der Waals surface area (Å²) in [5, 5.41) is 0. The van der Waals surface area contributed by atoms with Crippen LogP contribution in [0.15, 0.2) is 52.9 Å². The number of anilines is 1. The van der Waals surface area contributed by atoms with Crippen LogP contribution in [-0.4, -0.2) is 25.2 Å². The van der Waals surface area contributed by atoms with Crippen molar-refractivity contribution in [3.63, 3.8) is 0 Å². The van der Waals surface area contributed by atoms with Gasteiger partial charge in [0.05, 0.1) is 7.11 Å². The zero-order chi connectivity index (χ0) is 14.9. The molecule has 0 aliphatic carbocycles. The second-order valence-corrected chi connectivity index (χ2v) is 5.64. The molecular formula is C18H18N2O2. The number of fused-ring (bicyclic) bond motifs is 1. The predicted octanol–water partition coefficient (Wildman–Crippen LogP) is 3.83. The van der Waals surface area contributed by atoms with Crippen molar-refractivity contribution in [1.82, 2.24) is 4.98 Å². The summed E-state index contributed by atoms with van der Waals surface area (Å²) in [6, 6.07) is 16.9. The third-order valence-corrected chi connectivity index (χ3v) is 4.32. The van der Waals surface area contributed by atoms with Crippen molar-refractivity contribution >= 4 is 17.1 Å². The summed E-state index contributed by atoms with van der Waals surface area (Å²) in [6.45, 7) is 1.86. The molecule has 1 aromatic heterocycles. The zero-order valence-electron chi connectivity index (χ0n) is 12.5. The average Bonchev–Trinajstić information content (AvgIpc) is 3.21. The molecular weight excluding hydrogens is 276 g/mol. The lowest BCUT2D eigenvalue weighted by Crippen LogP contribution is -2.19. The second kappa shape index (κ2) is 5.37. The minimum atomic E-state index is 0.450. The van der Waals surface area contributed by atoms with Crippen LogP contribution in [0, 0.1) is 0 Å². The number of para-hydroxylation sites is 3. The van der Waals surface area contributed by atoms with Crippen molar-refractivity contribution in [2.75, 3.05) is 25.1 Å². The highest BCUT2D eigenvalue weighted by molar-refractivity contribution is 5.74. The minimum Gasteiger partial charge on any atom is -0.496 e. The maximum absolute atomic E-state index is 5.88. The number of nitrogens with zero attached hydrogens (tertiary/aromatic N) is 2. The molecule has 4 nitrogen and oxygen atoms in total. The monoisotopic (exact) mass is 294 g/mol. The van der Waals surface area contributed by atoms with E-state index < -0.39 is 0 Å². The average molecular weight is 294 g/mol. The molecule has 1 aliphatic heterocycles. The topological polar surface area (TPSA) is 38.5 Å². The summed E-state index contributed by atoms with van der Waals surface area (Å²) in [5.74, 6) is 1.41. The van der Waals surface area contributed by atoms with Gasteiger partial charge in [-0.3, -0.25) is 0 Å². The highest BCUT2D eigenvalue weighted by Crippen LogP contribution is 2.35. The van der Waals surface area contributed by atoms with Crippen LogP contribution in [0.5, 0.6) is 5.75 Å². The van der Waals surface area contributed by atoms with Crippen molar-refractivity contribution in [1.29, 1.82) is 0 Å². The summed E-state index contributed by atoms with van der Waals surface area (Å²) in [6.07, 6.45) is 1.08. The van der Waals surface area contributed by atoms with Gasteiger partial charge >= 0.3 is 0 Å². The van der Waals surface area contributed by atoms with Gasteiger partial charge in [-0.1, -0.05) is 30.3 Å². The number of hydrogen-bond acceptors (Lipinski definition) is 4. The molecule has 1 saturated heterocycles. The van der Waals surface area contributed by atoms with Gasteiger partial charge in [-0.05, 0) is 30.2 Å². The van der Waals surface area contributed by atoms with Crippen molar-refractivity contribution in [2.24, 2.45) is 0 Å². The van der Waals surface area contributed by atoms with Crippen LogP contribution < -0.4 is 9.64 Å². The largest absolute Gasteiger partial charge is 0.496 e. The van der Waals surface area contributed by atoms with Gasteiger partial charge in [0.25, 0.3) is 6.01 Å². The fourth-order valence-electron chi connectivity index (χ4n) is 3.19. The van der Waals surface area contributed by atoms with Gasteiger partial charge in [0.1, 0.15) is 11.3 Å². The SMILES string of the molecule is COc1ccccc1C1CCN(c2nc3ccccc3o2)C1. The number of oxazole rings is 1. The lowest BCUT2D eigenvalue weighted by atomic mass is 9.97. The minimum absolute atomic E-state index is 0.450. The van der Waals surface area contributed by atoms with Crippen LogP contribution in [0.3, 0.4) is 0 Å². The molecule has 112 valence electrons. The molecule has 3 aromatic rings. The van der Waals surface area contributed by atoms with Gasteiger partial charge in [0, 0.05) is 19.0 Å². The van der Waals surface area contributed by atoms with Crippen LogP contribution in [0.25, 0.3) is 11.1 Å². The molecule has 0 saturated carbocycles. The first kappa shape index (κ1) is 13.2. The molecule has 2 aromatic carbocycles. The third kappa shape index (κ3) is 2.21. The van der Waals surface area contributed by atoms with E-state index in [1.807, 2.05) is 36.4 Å². The summed E-state index contributed by atoms with van der Waals surface area (Å²) >= 11 is 0. The highest BCUT2D eigenvalue weighted by atomic mass is 16.5. The molecule has 0 N–H and O–H groups in total. The van der Waals surface area contributed by atoms with Crippen LogP contribution in [-0.2, 0) is 0 Å². The maximum atomic E-state index is 5.88. The fraction of sp³-hybridized carbons (Fsp3) is 0.278. The van der Waals surface area contributed by atoms with E-state index in [0.717, 1.165) is 42.4 Å². The van der Waals surface area contributed by atoms with Crippen LogP contribution in [0.1, 0.15) is 17.9 Å². The highest BCUT2D eigenvalue weighted by Gasteiger charge is 2.28. The normalized spacial score (nSPS) is 18.0. The van der Waals surface area contributed by atoms with Gasteiger partial charge in [-0.15, -0.1) is 0 Å². The molecule has 4 heteroatoms. The molecule has 4 rings (SSSR count). The molecule has 1 atom stereocenters. The first-order valence-corrected chi connectivity index (χ1v) is 7.58. The van der Waals surface area contributed by atoms with Crippen molar-refractivity contribution < 1.29 is 9.15 Å². The molecule has 1 aliphatic rings. The summed E-state index contributed by atoms with van der Waals surface area (Å²) in [7, 11) is 1.73. The quantitative estimate of drug-likeness (QED) is 0.736. The first-order chi connectivity index (χ1) is 10.8. The van der Waals surface area contributed by atoms with E-state index in [1.165, 1.54) is 5.56 Å². The Labute approximate surface area is 129 Å². The maximum Gasteiger partial charge on any atom is 0.298 e. The van der Waals surface area contributed by atoms with Gasteiger partial charge < -0.3 is 14.1 Å². The van der Waals surface area contributed by atoms with E-state index in [9.17, 15) is 0 Å². The predicted molar refractivity (Wildman–Crippen MR) is 86.6 cm³/mol. The molecule has 1 fully saturated rings. The number of hydrogen-bond donors (Lipinski definition) is 0. The van der Waals surface area contributed by atoms with Crippen LogP contribution in [0.4, 0.5) is 6.01 Å². The summed E-state index contributed by atoms with van der Waals surface area (Å²) in [4.78, 5) is 6.81. The lowest BCUT2D eigenvalue weighted by Gasteiger charge is -2.16. The van der Waals surface area contributed by atoms with Crippen LogP contribution in [0.2, 0.25) is 0 Å². The van der Waals surface area contributed by atoms with Crippen molar-refractivity contribution in [3.8, 4) is 5.75 Å². The summed E-state index contributed by atoms with van der Waals surface area (Å²) < 4.78 is 11.4. The second-order valence-electron chi connectivity index (χ2n) is 5.64. The van der Waals surface area contributed by atoms with Crippen molar-refractivity contribution in [3.05, 3.63) is 54.1 Å². The molecule has 2 heterocycles. The van der Waals surface area contributed by atoms with Gasteiger partial charge in [-0.2, -0.15) is 4.98 Å². The van der Waals surface area contributed by atoms with E-state index in [1.54, 1.807) is 7.11 Å². The van der Waals surface area contributed by atoms with Crippen LogP contribution >= 0.6 is 0 Å². The molecule has 22 heavy (non-hydrogen) atoms. The Hall–Kier alpha value is -2.49. The zero-order valence-corrected chi connectivity index (χ0v) is 12.5. The number of aromatic nitrogens is 1. The van der Waals surface area contributed by atoms with E-state index in [4.69, 9.17) is 9.15 Å². The Morgan fingerprint density at radius 3 is 2.82 bits per heavy atom. The fourth-order valence-corrected chi connectivity index (χ4v) is 3.19. The third-order valence-electron chi connectivity index (χ3n) is 4.32. The molecule has 0 spiro atoms. The molecule has 0 bridgehead atoms. The number of methoxy groups -OCH3 is 1.